The lowest BCUT2D eigenvalue weighted by molar-refractivity contribution is -0.124. The van der Waals surface area contributed by atoms with Crippen LogP contribution in [-0.4, -0.2) is 28.8 Å². The van der Waals surface area contributed by atoms with Crippen LogP contribution in [0.3, 0.4) is 0 Å². The maximum absolute atomic E-state index is 12.0. The molecule has 1 N–H and O–H groups in total. The number of nitrogens with zero attached hydrogens (tertiary/aromatic N) is 2. The molecule has 23 heavy (non-hydrogen) atoms. The summed E-state index contributed by atoms with van der Waals surface area (Å²) in [5, 5.41) is 7.02. The van der Waals surface area contributed by atoms with Gasteiger partial charge >= 0.3 is 0 Å². The summed E-state index contributed by atoms with van der Waals surface area (Å²) in [6, 6.07) is 9.86. The lowest BCUT2D eigenvalue weighted by Crippen LogP contribution is -2.36. The van der Waals surface area contributed by atoms with Gasteiger partial charge in [0.2, 0.25) is 5.91 Å². The summed E-state index contributed by atoms with van der Waals surface area (Å²) in [6.07, 6.45) is 0. The largest absolute Gasteiger partial charge is 0.494 e. The van der Waals surface area contributed by atoms with Gasteiger partial charge in [-0.05, 0) is 51.1 Å². The molecule has 0 bridgehead atoms. The maximum atomic E-state index is 12.0. The van der Waals surface area contributed by atoms with E-state index in [2.05, 4.69) is 10.4 Å². The van der Waals surface area contributed by atoms with Crippen LogP contribution in [0.1, 0.15) is 26.8 Å². The summed E-state index contributed by atoms with van der Waals surface area (Å²) < 4.78 is 6.61. The summed E-state index contributed by atoms with van der Waals surface area (Å²) in [6.45, 7) is 6.52. The number of carbonyl (C=O) groups is 1. The molecule has 6 heteroatoms. The van der Waals surface area contributed by atoms with E-state index in [9.17, 15) is 9.59 Å². The fourth-order valence-electron chi connectivity index (χ4n) is 2.18. The van der Waals surface area contributed by atoms with Crippen LogP contribution in [0.15, 0.2) is 41.2 Å². The molecule has 0 aliphatic carbocycles. The van der Waals surface area contributed by atoms with Gasteiger partial charge in [-0.15, -0.1) is 0 Å². The van der Waals surface area contributed by atoms with Crippen molar-refractivity contribution in [2.45, 2.75) is 26.8 Å². The van der Waals surface area contributed by atoms with Gasteiger partial charge in [-0.2, -0.15) is 5.10 Å². The third-order valence-electron chi connectivity index (χ3n) is 3.38. The highest BCUT2D eigenvalue weighted by Crippen LogP contribution is 2.20. The predicted molar refractivity (Wildman–Crippen MR) is 88.5 cm³/mol. The van der Waals surface area contributed by atoms with Gasteiger partial charge in [0.05, 0.1) is 12.3 Å². The first-order valence-electron chi connectivity index (χ1n) is 7.67. The number of carbonyl (C=O) groups excluding carboxylic acids is 1. The standard InChI is InChI=1S/C17H21N3O3/c1-4-18-17(22)12(3)20-16(21)11-10-15(19-20)13-6-8-14(9-7-13)23-5-2/h6-12H,4-5H2,1-3H3,(H,18,22). The first-order valence-corrected chi connectivity index (χ1v) is 7.67. The zero-order chi connectivity index (χ0) is 16.8. The molecule has 0 radical (unpaired) electrons. The third-order valence-corrected chi connectivity index (χ3v) is 3.38. The molecular weight excluding hydrogens is 294 g/mol. The Hall–Kier alpha value is -2.63. The van der Waals surface area contributed by atoms with Gasteiger partial charge in [0.15, 0.2) is 0 Å². The number of likely N-dealkylation sites (N-methyl/N-ethyl adjacent to an activating group) is 1. The minimum absolute atomic E-state index is 0.231. The van der Waals surface area contributed by atoms with Gasteiger partial charge in [0.25, 0.3) is 5.56 Å². The molecule has 2 aromatic rings. The third kappa shape index (κ3) is 3.97. The molecule has 0 spiro atoms. The van der Waals surface area contributed by atoms with Crippen LogP contribution in [0.25, 0.3) is 11.3 Å². The second-order valence-corrected chi connectivity index (χ2v) is 5.03. The summed E-state index contributed by atoms with van der Waals surface area (Å²) in [5.41, 5.74) is 1.17. The second kappa shape index (κ2) is 7.58. The Labute approximate surface area is 135 Å². The molecule has 2 rings (SSSR count). The van der Waals surface area contributed by atoms with Crippen molar-refractivity contribution in [2.75, 3.05) is 13.2 Å². The van der Waals surface area contributed by atoms with Crippen LogP contribution >= 0.6 is 0 Å². The summed E-state index contributed by atoms with van der Waals surface area (Å²) in [5.74, 6) is 0.547. The Balaban J connectivity index is 2.32. The van der Waals surface area contributed by atoms with Crippen molar-refractivity contribution in [3.8, 4) is 17.0 Å². The van der Waals surface area contributed by atoms with Crippen molar-refractivity contribution >= 4 is 5.91 Å². The van der Waals surface area contributed by atoms with Crippen molar-refractivity contribution < 1.29 is 9.53 Å². The minimum atomic E-state index is -0.662. The number of aromatic nitrogens is 2. The highest BCUT2D eigenvalue weighted by molar-refractivity contribution is 5.79. The van der Waals surface area contributed by atoms with Crippen molar-refractivity contribution in [3.05, 3.63) is 46.8 Å². The molecule has 1 aromatic carbocycles. The highest BCUT2D eigenvalue weighted by Gasteiger charge is 2.17. The first-order chi connectivity index (χ1) is 11.1. The van der Waals surface area contributed by atoms with Crippen molar-refractivity contribution in [3.63, 3.8) is 0 Å². The number of benzene rings is 1. The first kappa shape index (κ1) is 16.7. The van der Waals surface area contributed by atoms with E-state index < -0.39 is 6.04 Å². The van der Waals surface area contributed by atoms with E-state index in [1.54, 1.807) is 13.0 Å². The van der Waals surface area contributed by atoms with Gasteiger partial charge in [-0.1, -0.05) is 0 Å². The molecule has 1 aromatic heterocycles. The fraction of sp³-hybridized carbons (Fsp3) is 0.353. The van der Waals surface area contributed by atoms with Gasteiger partial charge in [0.1, 0.15) is 11.8 Å². The Morgan fingerprint density at radius 2 is 1.91 bits per heavy atom. The summed E-state index contributed by atoms with van der Waals surface area (Å²) >= 11 is 0. The summed E-state index contributed by atoms with van der Waals surface area (Å²) in [4.78, 5) is 23.9. The van der Waals surface area contributed by atoms with E-state index in [1.807, 2.05) is 38.1 Å². The van der Waals surface area contributed by atoms with E-state index in [-0.39, 0.29) is 11.5 Å². The van der Waals surface area contributed by atoms with Crippen LogP contribution in [0.4, 0.5) is 0 Å². The normalized spacial score (nSPS) is 11.8. The number of nitrogens with one attached hydrogen (secondary N) is 1. The van der Waals surface area contributed by atoms with Gasteiger partial charge in [-0.3, -0.25) is 9.59 Å². The molecule has 1 amide bonds. The number of ether oxygens (including phenoxy) is 1. The molecule has 0 aliphatic heterocycles. The van der Waals surface area contributed by atoms with Gasteiger partial charge < -0.3 is 10.1 Å². The monoisotopic (exact) mass is 315 g/mol. The van der Waals surface area contributed by atoms with E-state index in [4.69, 9.17) is 4.74 Å². The molecule has 1 heterocycles. The van der Waals surface area contributed by atoms with E-state index in [1.165, 1.54) is 10.7 Å². The van der Waals surface area contributed by atoms with E-state index >= 15 is 0 Å². The van der Waals surface area contributed by atoms with Gasteiger partial charge in [-0.25, -0.2) is 4.68 Å². The number of hydrogen-bond donors (Lipinski definition) is 1. The number of rotatable bonds is 6. The highest BCUT2D eigenvalue weighted by atomic mass is 16.5. The second-order valence-electron chi connectivity index (χ2n) is 5.03. The maximum Gasteiger partial charge on any atom is 0.267 e. The van der Waals surface area contributed by atoms with E-state index in [0.29, 0.717) is 18.8 Å². The Bertz CT molecular complexity index is 723. The van der Waals surface area contributed by atoms with E-state index in [0.717, 1.165) is 11.3 Å². The summed E-state index contributed by atoms with van der Waals surface area (Å²) in [7, 11) is 0. The lowest BCUT2D eigenvalue weighted by Gasteiger charge is -2.14. The fourth-order valence-corrected chi connectivity index (χ4v) is 2.18. The average molecular weight is 315 g/mol. The van der Waals surface area contributed by atoms with Crippen LogP contribution in [0, 0.1) is 0 Å². The molecule has 0 saturated heterocycles. The smallest absolute Gasteiger partial charge is 0.267 e. The van der Waals surface area contributed by atoms with Crippen LogP contribution in [0.5, 0.6) is 5.75 Å². The molecule has 0 saturated carbocycles. The predicted octanol–water partition coefficient (Wildman–Crippen LogP) is 2.01. The molecule has 1 unspecified atom stereocenters. The molecular formula is C17H21N3O3. The Kier molecular flexibility index (Phi) is 5.51. The molecule has 6 nitrogen and oxygen atoms in total. The van der Waals surface area contributed by atoms with Crippen LogP contribution < -0.4 is 15.6 Å². The SMILES string of the molecule is CCNC(=O)C(C)n1nc(-c2ccc(OCC)cc2)ccc1=O. The average Bonchev–Trinajstić information content (AvgIpc) is 2.56. The lowest BCUT2D eigenvalue weighted by atomic mass is 10.1. The van der Waals surface area contributed by atoms with Crippen molar-refractivity contribution in [1.82, 2.24) is 15.1 Å². The van der Waals surface area contributed by atoms with Crippen LogP contribution in [0.2, 0.25) is 0 Å². The molecule has 122 valence electrons. The minimum Gasteiger partial charge on any atom is -0.494 e. The zero-order valence-corrected chi connectivity index (χ0v) is 13.6. The van der Waals surface area contributed by atoms with Crippen molar-refractivity contribution in [1.29, 1.82) is 0 Å². The molecule has 0 fully saturated rings. The number of hydrogen-bond acceptors (Lipinski definition) is 4. The van der Waals surface area contributed by atoms with Crippen molar-refractivity contribution in [2.24, 2.45) is 0 Å². The topological polar surface area (TPSA) is 73.2 Å². The van der Waals surface area contributed by atoms with Gasteiger partial charge in [0, 0.05) is 18.2 Å². The quantitative estimate of drug-likeness (QED) is 0.885. The Morgan fingerprint density at radius 1 is 1.22 bits per heavy atom. The Morgan fingerprint density at radius 3 is 2.52 bits per heavy atom. The molecule has 0 aliphatic rings. The number of amides is 1. The zero-order valence-electron chi connectivity index (χ0n) is 13.6. The van der Waals surface area contributed by atoms with Crippen LogP contribution in [-0.2, 0) is 4.79 Å². The molecule has 1 atom stereocenters.